The molecule has 0 unspecified atom stereocenters. The smallest absolute Gasteiger partial charge is 0.338 e. The second kappa shape index (κ2) is 9.04. The molecule has 6 heteroatoms. The van der Waals surface area contributed by atoms with Crippen LogP contribution < -0.4 is 5.32 Å². The first-order chi connectivity index (χ1) is 13.1. The minimum Gasteiger partial charge on any atom is -0.462 e. The van der Waals surface area contributed by atoms with Gasteiger partial charge in [0, 0.05) is 22.0 Å². The highest BCUT2D eigenvalue weighted by Crippen LogP contribution is 2.34. The number of carbonyl (C=O) groups is 2. The zero-order valence-electron chi connectivity index (χ0n) is 15.9. The Labute approximate surface area is 164 Å². The molecule has 5 nitrogen and oxygen atoms in total. The molecule has 1 atom stereocenters. The number of urea groups is 1. The van der Waals surface area contributed by atoms with E-state index in [1.54, 1.807) is 42.5 Å². The van der Waals surface area contributed by atoms with E-state index < -0.39 is 0 Å². The minimum absolute atomic E-state index is 0.0863. The van der Waals surface area contributed by atoms with Crippen LogP contribution in [0.1, 0.15) is 58.8 Å². The third-order valence-electron chi connectivity index (χ3n) is 4.75. The third kappa shape index (κ3) is 4.89. The second-order valence-corrected chi connectivity index (χ2v) is 8.05. The van der Waals surface area contributed by atoms with Gasteiger partial charge in [-0.2, -0.15) is 0 Å². The van der Waals surface area contributed by atoms with E-state index in [1.165, 1.54) is 9.75 Å². The van der Waals surface area contributed by atoms with Crippen molar-refractivity contribution in [3.63, 3.8) is 0 Å². The van der Waals surface area contributed by atoms with Gasteiger partial charge in [-0.3, -0.25) is 0 Å². The number of ether oxygens (including phenoxy) is 1. The molecule has 0 spiro atoms. The Morgan fingerprint density at radius 1 is 1.15 bits per heavy atom. The van der Waals surface area contributed by atoms with Crippen molar-refractivity contribution in [3.8, 4) is 0 Å². The molecule has 1 saturated heterocycles. The Balaban J connectivity index is 1.71. The van der Waals surface area contributed by atoms with Gasteiger partial charge in [-0.15, -0.1) is 11.3 Å². The Morgan fingerprint density at radius 3 is 2.59 bits per heavy atom. The number of amides is 2. The largest absolute Gasteiger partial charge is 0.462 e. The van der Waals surface area contributed by atoms with Gasteiger partial charge in [-0.05, 0) is 63.1 Å². The highest BCUT2D eigenvalue weighted by Gasteiger charge is 2.27. The maximum Gasteiger partial charge on any atom is 0.338 e. The number of rotatable bonds is 4. The van der Waals surface area contributed by atoms with Crippen LogP contribution in [0, 0.1) is 6.92 Å². The highest BCUT2D eigenvalue weighted by atomic mass is 32.1. The van der Waals surface area contributed by atoms with Crippen molar-refractivity contribution in [2.75, 3.05) is 18.5 Å². The Bertz CT molecular complexity index is 785. The maximum atomic E-state index is 13.0. The molecule has 0 radical (unpaired) electrons. The topological polar surface area (TPSA) is 58.6 Å². The number of anilines is 1. The average Bonchev–Trinajstić information content (AvgIpc) is 2.94. The van der Waals surface area contributed by atoms with Crippen LogP contribution >= 0.6 is 11.3 Å². The SMILES string of the molecule is CCOC(=O)c1ccc(NC(=O)N2CCCCC[C@@H]2c2ccc(C)s2)cc1. The summed E-state index contributed by atoms with van der Waals surface area (Å²) in [6.45, 7) is 4.98. The van der Waals surface area contributed by atoms with E-state index in [4.69, 9.17) is 4.74 Å². The van der Waals surface area contributed by atoms with Crippen LogP contribution in [0.2, 0.25) is 0 Å². The number of esters is 1. The van der Waals surface area contributed by atoms with Crippen LogP contribution in [0.3, 0.4) is 0 Å². The van der Waals surface area contributed by atoms with E-state index in [9.17, 15) is 9.59 Å². The highest BCUT2D eigenvalue weighted by molar-refractivity contribution is 7.12. The molecule has 1 aromatic heterocycles. The fourth-order valence-electron chi connectivity index (χ4n) is 3.38. The molecule has 27 heavy (non-hydrogen) atoms. The van der Waals surface area contributed by atoms with Gasteiger partial charge in [0.25, 0.3) is 0 Å². The quantitative estimate of drug-likeness (QED) is 0.718. The Hall–Kier alpha value is -2.34. The molecule has 3 rings (SSSR count). The van der Waals surface area contributed by atoms with Crippen molar-refractivity contribution in [1.82, 2.24) is 4.90 Å². The number of nitrogens with zero attached hydrogens (tertiary/aromatic N) is 1. The summed E-state index contributed by atoms with van der Waals surface area (Å²) in [7, 11) is 0. The van der Waals surface area contributed by atoms with Crippen LogP contribution in [-0.2, 0) is 4.74 Å². The number of nitrogens with one attached hydrogen (secondary N) is 1. The molecular weight excluding hydrogens is 360 g/mol. The summed E-state index contributed by atoms with van der Waals surface area (Å²) in [5.74, 6) is -0.351. The fraction of sp³-hybridized carbons (Fsp3) is 0.429. The van der Waals surface area contributed by atoms with Crippen LogP contribution in [-0.4, -0.2) is 30.1 Å². The summed E-state index contributed by atoms with van der Waals surface area (Å²) in [4.78, 5) is 29.2. The third-order valence-corrected chi connectivity index (χ3v) is 5.85. The van der Waals surface area contributed by atoms with Gasteiger partial charge in [0.15, 0.2) is 0 Å². The summed E-state index contributed by atoms with van der Waals surface area (Å²) >= 11 is 1.77. The van der Waals surface area contributed by atoms with Crippen LogP contribution in [0.4, 0.5) is 10.5 Å². The first-order valence-corrected chi connectivity index (χ1v) is 10.3. The zero-order chi connectivity index (χ0) is 19.2. The molecule has 1 aliphatic rings. The number of hydrogen-bond donors (Lipinski definition) is 1. The summed E-state index contributed by atoms with van der Waals surface area (Å²) < 4.78 is 4.99. The van der Waals surface area contributed by atoms with E-state index in [0.717, 1.165) is 32.2 Å². The molecule has 1 aromatic carbocycles. The molecule has 0 saturated carbocycles. The molecule has 144 valence electrons. The second-order valence-electron chi connectivity index (χ2n) is 6.73. The van der Waals surface area contributed by atoms with Crippen molar-refractivity contribution >= 4 is 29.0 Å². The number of likely N-dealkylation sites (tertiary alicyclic amines) is 1. The molecule has 2 amide bonds. The molecular formula is C21H26N2O3S. The Morgan fingerprint density at radius 2 is 1.93 bits per heavy atom. The summed E-state index contributed by atoms with van der Waals surface area (Å²) in [6.07, 6.45) is 4.31. The predicted molar refractivity (Wildman–Crippen MR) is 108 cm³/mol. The standard InChI is InChI=1S/C21H26N2O3S/c1-3-26-20(24)16-9-11-17(12-10-16)22-21(25)23-14-6-4-5-7-18(23)19-13-8-15(2)27-19/h8-13,18H,3-7,14H2,1-2H3,(H,22,25)/t18-/m1/s1. The summed E-state index contributed by atoms with van der Waals surface area (Å²) in [5.41, 5.74) is 1.16. The van der Waals surface area contributed by atoms with Crippen molar-refractivity contribution < 1.29 is 14.3 Å². The molecule has 2 heterocycles. The van der Waals surface area contributed by atoms with Gasteiger partial charge >= 0.3 is 12.0 Å². The number of hydrogen-bond acceptors (Lipinski definition) is 4. The summed E-state index contributed by atoms with van der Waals surface area (Å²) in [5, 5.41) is 2.98. The van der Waals surface area contributed by atoms with Crippen LogP contribution in [0.5, 0.6) is 0 Å². The van der Waals surface area contributed by atoms with E-state index in [0.29, 0.717) is 17.9 Å². The lowest BCUT2D eigenvalue weighted by atomic mass is 10.1. The van der Waals surface area contributed by atoms with Gasteiger partial charge in [0.05, 0.1) is 18.2 Å². The monoisotopic (exact) mass is 386 g/mol. The number of aryl methyl sites for hydroxylation is 1. The minimum atomic E-state index is -0.351. The van der Waals surface area contributed by atoms with Crippen molar-refractivity contribution in [3.05, 3.63) is 51.7 Å². The van der Waals surface area contributed by atoms with Crippen molar-refractivity contribution in [2.24, 2.45) is 0 Å². The van der Waals surface area contributed by atoms with Crippen LogP contribution in [0.25, 0.3) is 0 Å². The average molecular weight is 387 g/mol. The number of benzene rings is 1. The first-order valence-electron chi connectivity index (χ1n) is 9.49. The van der Waals surface area contributed by atoms with Gasteiger partial charge in [-0.1, -0.05) is 12.8 Å². The zero-order valence-corrected chi connectivity index (χ0v) is 16.7. The normalized spacial score (nSPS) is 17.3. The van der Waals surface area contributed by atoms with Gasteiger partial charge < -0.3 is 15.0 Å². The van der Waals surface area contributed by atoms with E-state index in [1.807, 2.05) is 4.90 Å². The lowest BCUT2D eigenvalue weighted by Gasteiger charge is -2.29. The van der Waals surface area contributed by atoms with Gasteiger partial charge in [0.1, 0.15) is 0 Å². The van der Waals surface area contributed by atoms with E-state index in [-0.39, 0.29) is 18.0 Å². The predicted octanol–water partition coefficient (Wildman–Crippen LogP) is 5.38. The van der Waals surface area contributed by atoms with Gasteiger partial charge in [0.2, 0.25) is 0 Å². The van der Waals surface area contributed by atoms with Crippen molar-refractivity contribution in [1.29, 1.82) is 0 Å². The molecule has 1 N–H and O–H groups in total. The van der Waals surface area contributed by atoms with E-state index >= 15 is 0 Å². The molecule has 1 fully saturated rings. The van der Waals surface area contributed by atoms with Gasteiger partial charge in [-0.25, -0.2) is 9.59 Å². The molecule has 0 bridgehead atoms. The molecule has 0 aliphatic carbocycles. The fourth-order valence-corrected chi connectivity index (χ4v) is 4.40. The molecule has 2 aromatic rings. The number of thiophene rings is 1. The lowest BCUT2D eigenvalue weighted by Crippen LogP contribution is -2.37. The molecule has 1 aliphatic heterocycles. The van der Waals surface area contributed by atoms with Crippen molar-refractivity contribution in [2.45, 2.75) is 45.6 Å². The summed E-state index contributed by atoms with van der Waals surface area (Å²) in [6, 6.07) is 11.1. The lowest BCUT2D eigenvalue weighted by molar-refractivity contribution is 0.0526. The number of carbonyl (C=O) groups excluding carboxylic acids is 2. The first kappa shape index (κ1) is 19.4. The van der Waals surface area contributed by atoms with E-state index in [2.05, 4.69) is 24.4 Å². The maximum absolute atomic E-state index is 13.0. The van der Waals surface area contributed by atoms with Crippen LogP contribution in [0.15, 0.2) is 36.4 Å². The Kier molecular flexibility index (Phi) is 6.50.